The summed E-state index contributed by atoms with van der Waals surface area (Å²) in [5, 5.41) is 0. The van der Waals surface area contributed by atoms with Crippen LogP contribution in [0.1, 0.15) is 84.5 Å². The Bertz CT molecular complexity index is 507. The van der Waals surface area contributed by atoms with Crippen molar-refractivity contribution in [1.82, 2.24) is 19.6 Å². The van der Waals surface area contributed by atoms with Gasteiger partial charge in [0.2, 0.25) is 0 Å². The van der Waals surface area contributed by atoms with Crippen molar-refractivity contribution in [1.29, 1.82) is 0 Å². The highest BCUT2D eigenvalue weighted by Crippen LogP contribution is 2.34. The molecule has 3 amide bonds. The number of carbonyl (C=O) groups is 2. The van der Waals surface area contributed by atoms with Crippen LogP contribution in [0, 0.1) is 5.92 Å². The number of unbranched alkanes of at least 4 members (excludes halogenated alkanes) is 4. The third kappa shape index (κ3) is 6.95. The second-order valence-electron chi connectivity index (χ2n) is 9.22. The molecule has 0 bridgehead atoms. The zero-order valence-corrected chi connectivity index (χ0v) is 19.4. The van der Waals surface area contributed by atoms with E-state index in [1.807, 2.05) is 11.9 Å². The van der Waals surface area contributed by atoms with E-state index in [1.165, 1.54) is 49.8 Å². The zero-order valence-electron chi connectivity index (χ0n) is 19.4. The predicted octanol–water partition coefficient (Wildman–Crippen LogP) is 4.36. The molecular formula is C23H44N4O2. The van der Waals surface area contributed by atoms with Crippen LogP contribution >= 0.6 is 0 Å². The van der Waals surface area contributed by atoms with Crippen molar-refractivity contribution in [2.45, 2.75) is 90.5 Å². The second kappa shape index (κ2) is 12.5. The lowest BCUT2D eigenvalue weighted by molar-refractivity contribution is -0.131. The highest BCUT2D eigenvalue weighted by molar-refractivity contribution is 6.04. The third-order valence-corrected chi connectivity index (χ3v) is 6.49. The summed E-state index contributed by atoms with van der Waals surface area (Å²) in [6, 6.07) is -0.351. The number of nitrogens with zero attached hydrogens (tertiary/aromatic N) is 4. The van der Waals surface area contributed by atoms with Crippen LogP contribution in [-0.4, -0.2) is 78.1 Å². The van der Waals surface area contributed by atoms with Crippen molar-refractivity contribution >= 4 is 11.9 Å². The molecule has 6 nitrogen and oxygen atoms in total. The van der Waals surface area contributed by atoms with Crippen molar-refractivity contribution in [3.05, 3.63) is 0 Å². The Morgan fingerprint density at radius 1 is 0.828 bits per heavy atom. The van der Waals surface area contributed by atoms with E-state index in [-0.39, 0.29) is 18.0 Å². The molecular weight excluding hydrogens is 364 g/mol. The Morgan fingerprint density at radius 2 is 1.38 bits per heavy atom. The van der Waals surface area contributed by atoms with Gasteiger partial charge in [-0.3, -0.25) is 19.5 Å². The largest absolute Gasteiger partial charge is 0.329 e. The first-order valence-electron chi connectivity index (χ1n) is 12.0. The summed E-state index contributed by atoms with van der Waals surface area (Å²) in [7, 11) is 4.09. The number of hydrogen-bond donors (Lipinski definition) is 0. The smallest absolute Gasteiger partial charge is 0.299 e. The normalized spacial score (nSPS) is 21.2. The molecule has 6 heteroatoms. The molecule has 0 aromatic heterocycles. The van der Waals surface area contributed by atoms with Crippen molar-refractivity contribution in [2.75, 3.05) is 40.5 Å². The van der Waals surface area contributed by atoms with E-state index >= 15 is 0 Å². The van der Waals surface area contributed by atoms with Gasteiger partial charge in [0, 0.05) is 0 Å². The maximum absolute atomic E-state index is 13.4. The van der Waals surface area contributed by atoms with E-state index in [4.69, 9.17) is 0 Å². The average Bonchev–Trinajstić information content (AvgIpc) is 2.93. The minimum Gasteiger partial charge on any atom is -0.299 e. The molecule has 1 aliphatic carbocycles. The molecule has 0 radical (unpaired) electrons. The maximum Gasteiger partial charge on any atom is 0.329 e. The minimum absolute atomic E-state index is 0.0335. The molecule has 0 spiro atoms. The fourth-order valence-corrected chi connectivity index (χ4v) is 4.75. The number of urea groups is 1. The van der Waals surface area contributed by atoms with Gasteiger partial charge >= 0.3 is 6.03 Å². The van der Waals surface area contributed by atoms with Crippen molar-refractivity contribution in [2.24, 2.45) is 5.92 Å². The van der Waals surface area contributed by atoms with Crippen LogP contribution in [0.3, 0.4) is 0 Å². The molecule has 0 aromatic carbocycles. The van der Waals surface area contributed by atoms with Crippen molar-refractivity contribution in [3.63, 3.8) is 0 Å². The van der Waals surface area contributed by atoms with Crippen LogP contribution in [0.5, 0.6) is 0 Å². The van der Waals surface area contributed by atoms with E-state index < -0.39 is 0 Å². The summed E-state index contributed by atoms with van der Waals surface area (Å²) in [4.78, 5) is 34.4. The van der Waals surface area contributed by atoms with Gasteiger partial charge in [-0.05, 0) is 58.8 Å². The van der Waals surface area contributed by atoms with Crippen LogP contribution in [0.2, 0.25) is 0 Å². The van der Waals surface area contributed by atoms with Crippen LogP contribution in [0.25, 0.3) is 0 Å². The van der Waals surface area contributed by atoms with Crippen molar-refractivity contribution in [3.8, 4) is 0 Å². The van der Waals surface area contributed by atoms with Gasteiger partial charge in [0.05, 0.1) is 13.3 Å². The molecule has 1 saturated heterocycles. The predicted molar refractivity (Wildman–Crippen MR) is 118 cm³/mol. The van der Waals surface area contributed by atoms with Gasteiger partial charge < -0.3 is 0 Å². The average molecular weight is 409 g/mol. The van der Waals surface area contributed by atoms with Gasteiger partial charge in [0.25, 0.3) is 5.91 Å². The van der Waals surface area contributed by atoms with E-state index in [1.54, 1.807) is 0 Å². The molecule has 2 aliphatic rings. The Morgan fingerprint density at radius 3 is 1.93 bits per heavy atom. The lowest BCUT2D eigenvalue weighted by atomic mass is 9.83. The van der Waals surface area contributed by atoms with Crippen LogP contribution < -0.4 is 0 Å². The number of carbonyl (C=O) groups excluding carboxylic acids is 2. The topological polar surface area (TPSA) is 47.1 Å². The fourth-order valence-electron chi connectivity index (χ4n) is 4.75. The first-order chi connectivity index (χ1) is 14.0. The monoisotopic (exact) mass is 408 g/mol. The first kappa shape index (κ1) is 24.1. The fraction of sp³-hybridized carbons (Fsp3) is 0.913. The number of hydrogen-bond acceptors (Lipinski definition) is 4. The Kier molecular flexibility index (Phi) is 10.4. The Hall–Kier alpha value is -1.14. The number of amides is 3. The molecule has 1 aliphatic heterocycles. The van der Waals surface area contributed by atoms with E-state index in [0.717, 1.165) is 38.8 Å². The van der Waals surface area contributed by atoms with Gasteiger partial charge in [-0.15, -0.1) is 0 Å². The summed E-state index contributed by atoms with van der Waals surface area (Å²) < 4.78 is 0. The molecule has 1 unspecified atom stereocenters. The lowest BCUT2D eigenvalue weighted by Crippen LogP contribution is -2.46. The van der Waals surface area contributed by atoms with E-state index in [2.05, 4.69) is 30.7 Å². The molecule has 2 fully saturated rings. The molecule has 0 aromatic rings. The summed E-state index contributed by atoms with van der Waals surface area (Å²) in [5.41, 5.74) is 0. The molecule has 0 N–H and O–H groups in total. The molecule has 1 atom stereocenters. The lowest BCUT2D eigenvalue weighted by Gasteiger charge is -2.33. The summed E-state index contributed by atoms with van der Waals surface area (Å²) >= 11 is 0. The quantitative estimate of drug-likeness (QED) is 0.336. The third-order valence-electron chi connectivity index (χ3n) is 6.49. The van der Waals surface area contributed by atoms with Crippen LogP contribution in [0.4, 0.5) is 4.79 Å². The molecule has 2 rings (SSSR count). The highest BCUT2D eigenvalue weighted by atomic mass is 16.2. The second-order valence-corrected chi connectivity index (χ2v) is 9.22. The van der Waals surface area contributed by atoms with Gasteiger partial charge in [0.1, 0.15) is 6.04 Å². The first-order valence-corrected chi connectivity index (χ1v) is 12.0. The molecule has 29 heavy (non-hydrogen) atoms. The van der Waals surface area contributed by atoms with Crippen molar-refractivity contribution < 1.29 is 9.59 Å². The summed E-state index contributed by atoms with van der Waals surface area (Å²) in [5.74, 6) is 0.353. The standard InChI is InChI=1S/C23H44N4O2/c1-5-7-12-16-24(3)18-26-21(20-14-10-9-11-15-20)22(28)27(23(26)29)19-25(4)17-13-8-6-2/h20-21H,5-19H2,1-4H3. The number of imide groups is 1. The van der Waals surface area contributed by atoms with Gasteiger partial charge in [-0.2, -0.15) is 0 Å². The minimum atomic E-state index is -0.263. The van der Waals surface area contributed by atoms with Crippen LogP contribution in [0.15, 0.2) is 0 Å². The molecule has 168 valence electrons. The van der Waals surface area contributed by atoms with Crippen LogP contribution in [-0.2, 0) is 4.79 Å². The highest BCUT2D eigenvalue weighted by Gasteiger charge is 2.49. The molecule has 1 saturated carbocycles. The van der Waals surface area contributed by atoms with Gasteiger partial charge in [-0.1, -0.05) is 58.8 Å². The summed E-state index contributed by atoms with van der Waals surface area (Å²) in [6.45, 7) is 7.27. The van der Waals surface area contributed by atoms with Gasteiger partial charge in [-0.25, -0.2) is 9.69 Å². The van der Waals surface area contributed by atoms with E-state index in [0.29, 0.717) is 19.3 Å². The van der Waals surface area contributed by atoms with E-state index in [9.17, 15) is 9.59 Å². The maximum atomic E-state index is 13.4. The zero-order chi connectivity index (χ0) is 21.2. The Labute approximate surface area is 178 Å². The molecule has 1 heterocycles. The SMILES string of the molecule is CCCCCN(C)CN1C(=O)C(C2CCCCC2)N(CN(C)CCCCC)C1=O. The summed E-state index contributed by atoms with van der Waals surface area (Å²) in [6.07, 6.45) is 12.8. The van der Waals surface area contributed by atoms with Gasteiger partial charge in [0.15, 0.2) is 0 Å². The number of rotatable bonds is 13. The Balaban J connectivity index is 2.05.